The lowest BCUT2D eigenvalue weighted by atomic mass is 9.85. The number of hydrogen-bond donors (Lipinski definition) is 1. The molecule has 1 N–H and O–H groups in total. The van der Waals surface area contributed by atoms with E-state index in [9.17, 15) is 0 Å². The van der Waals surface area contributed by atoms with Crippen molar-refractivity contribution in [2.45, 2.75) is 58.5 Å². The predicted octanol–water partition coefficient (Wildman–Crippen LogP) is 2.48. The molecule has 3 atom stereocenters. The fourth-order valence-electron chi connectivity index (χ4n) is 4.10. The van der Waals surface area contributed by atoms with Gasteiger partial charge in [0.05, 0.1) is 6.04 Å². The summed E-state index contributed by atoms with van der Waals surface area (Å²) in [5.74, 6) is 5.15. The van der Waals surface area contributed by atoms with Crippen LogP contribution in [0.25, 0.3) is 0 Å². The van der Waals surface area contributed by atoms with E-state index in [-0.39, 0.29) is 5.41 Å². The van der Waals surface area contributed by atoms with Crippen LogP contribution >= 0.6 is 0 Å². The third-order valence-corrected chi connectivity index (χ3v) is 5.22. The number of hydrogen-bond acceptors (Lipinski definition) is 3. The average Bonchev–Trinajstić information content (AvgIpc) is 2.81. The molecular formula is C15H24N4. The lowest BCUT2D eigenvalue weighted by molar-refractivity contribution is 0.231. The van der Waals surface area contributed by atoms with Crippen LogP contribution in [0.3, 0.4) is 0 Å². The minimum Gasteiger partial charge on any atom is -0.312 e. The third-order valence-electron chi connectivity index (χ3n) is 5.22. The highest BCUT2D eigenvalue weighted by atomic mass is 15.3. The SMILES string of the molecule is CC(C)(C)C1NCCn2c(C3CC4CC4C3)nnc21. The molecule has 0 amide bonds. The van der Waals surface area contributed by atoms with Crippen molar-refractivity contribution in [1.82, 2.24) is 20.1 Å². The number of aromatic nitrogens is 3. The van der Waals surface area contributed by atoms with Gasteiger partial charge in [-0.2, -0.15) is 0 Å². The predicted molar refractivity (Wildman–Crippen MR) is 73.8 cm³/mol. The van der Waals surface area contributed by atoms with Gasteiger partial charge in [-0.1, -0.05) is 20.8 Å². The van der Waals surface area contributed by atoms with Gasteiger partial charge in [-0.05, 0) is 36.5 Å². The maximum atomic E-state index is 4.57. The van der Waals surface area contributed by atoms with E-state index in [1.165, 1.54) is 25.1 Å². The Hall–Kier alpha value is -0.900. The number of nitrogens with one attached hydrogen (secondary N) is 1. The molecule has 2 aliphatic carbocycles. The van der Waals surface area contributed by atoms with Crippen LogP contribution in [0.1, 0.15) is 63.6 Å². The molecular weight excluding hydrogens is 236 g/mol. The van der Waals surface area contributed by atoms with Crippen molar-refractivity contribution in [3.63, 3.8) is 0 Å². The van der Waals surface area contributed by atoms with Crippen molar-refractivity contribution in [2.75, 3.05) is 6.54 Å². The zero-order valence-corrected chi connectivity index (χ0v) is 12.2. The van der Waals surface area contributed by atoms with Gasteiger partial charge in [-0.3, -0.25) is 0 Å². The smallest absolute Gasteiger partial charge is 0.150 e. The molecule has 0 aromatic carbocycles. The van der Waals surface area contributed by atoms with Crippen molar-refractivity contribution in [3.05, 3.63) is 11.6 Å². The molecule has 3 unspecified atom stereocenters. The second-order valence-corrected chi connectivity index (χ2v) is 7.75. The summed E-state index contributed by atoms with van der Waals surface area (Å²) >= 11 is 0. The van der Waals surface area contributed by atoms with Crippen molar-refractivity contribution >= 4 is 0 Å². The highest BCUT2D eigenvalue weighted by molar-refractivity contribution is 5.14. The van der Waals surface area contributed by atoms with Crippen LogP contribution in [-0.2, 0) is 6.54 Å². The normalized spacial score (nSPS) is 37.0. The molecule has 3 aliphatic rings. The third kappa shape index (κ3) is 1.83. The van der Waals surface area contributed by atoms with Gasteiger partial charge in [-0.25, -0.2) is 0 Å². The molecule has 2 fully saturated rings. The average molecular weight is 260 g/mol. The highest BCUT2D eigenvalue weighted by Crippen LogP contribution is 2.57. The van der Waals surface area contributed by atoms with Crippen molar-refractivity contribution in [3.8, 4) is 0 Å². The van der Waals surface area contributed by atoms with Gasteiger partial charge in [0.15, 0.2) is 5.82 Å². The molecule has 4 rings (SSSR count). The molecule has 4 nitrogen and oxygen atoms in total. The van der Waals surface area contributed by atoms with Crippen LogP contribution in [0.2, 0.25) is 0 Å². The van der Waals surface area contributed by atoms with Gasteiger partial charge in [0.1, 0.15) is 5.82 Å². The molecule has 1 aromatic rings. The molecule has 2 saturated carbocycles. The number of nitrogens with zero attached hydrogens (tertiary/aromatic N) is 3. The highest BCUT2D eigenvalue weighted by Gasteiger charge is 2.48. The van der Waals surface area contributed by atoms with Gasteiger partial charge in [0, 0.05) is 19.0 Å². The van der Waals surface area contributed by atoms with Gasteiger partial charge in [0.25, 0.3) is 0 Å². The van der Waals surface area contributed by atoms with Gasteiger partial charge in [0.2, 0.25) is 0 Å². The molecule has 1 aliphatic heterocycles. The minimum atomic E-state index is 0.195. The molecule has 0 saturated heterocycles. The number of fused-ring (bicyclic) bond motifs is 2. The van der Waals surface area contributed by atoms with E-state index in [1.807, 2.05) is 0 Å². The summed E-state index contributed by atoms with van der Waals surface area (Å²) in [6, 6.07) is 0.332. The van der Waals surface area contributed by atoms with E-state index < -0.39 is 0 Å². The molecule has 2 heterocycles. The van der Waals surface area contributed by atoms with Crippen LogP contribution in [0.15, 0.2) is 0 Å². The standard InChI is InChI=1S/C15H24N4/c1-15(2,3)12-14-18-17-13(19(14)5-4-16-12)11-7-9-6-10(9)8-11/h9-12,16H,4-8H2,1-3H3. The molecule has 1 aromatic heterocycles. The first-order chi connectivity index (χ1) is 9.04. The lowest BCUT2D eigenvalue weighted by Gasteiger charge is -2.35. The summed E-state index contributed by atoms with van der Waals surface area (Å²) in [5.41, 5.74) is 0.195. The Kier molecular flexibility index (Phi) is 2.39. The first-order valence-electron chi connectivity index (χ1n) is 7.70. The van der Waals surface area contributed by atoms with Gasteiger partial charge in [-0.15, -0.1) is 10.2 Å². The van der Waals surface area contributed by atoms with Crippen molar-refractivity contribution in [2.24, 2.45) is 17.3 Å². The molecule has 0 bridgehead atoms. The summed E-state index contributed by atoms with van der Waals surface area (Å²) in [7, 11) is 0. The van der Waals surface area contributed by atoms with E-state index in [0.29, 0.717) is 12.0 Å². The summed E-state index contributed by atoms with van der Waals surface area (Å²) < 4.78 is 2.42. The molecule has 0 radical (unpaired) electrons. The molecule has 4 heteroatoms. The van der Waals surface area contributed by atoms with Crippen molar-refractivity contribution < 1.29 is 0 Å². The van der Waals surface area contributed by atoms with E-state index in [4.69, 9.17) is 0 Å². The molecule has 104 valence electrons. The van der Waals surface area contributed by atoms with E-state index >= 15 is 0 Å². The van der Waals surface area contributed by atoms with Gasteiger partial charge >= 0.3 is 0 Å². The Labute approximate surface area is 115 Å². The van der Waals surface area contributed by atoms with Crippen LogP contribution in [-0.4, -0.2) is 21.3 Å². The second-order valence-electron chi connectivity index (χ2n) is 7.75. The van der Waals surface area contributed by atoms with E-state index in [0.717, 1.165) is 30.7 Å². The Balaban J connectivity index is 1.66. The first kappa shape index (κ1) is 11.9. The number of rotatable bonds is 1. The first-order valence-corrected chi connectivity index (χ1v) is 7.70. The molecule has 19 heavy (non-hydrogen) atoms. The largest absolute Gasteiger partial charge is 0.312 e. The van der Waals surface area contributed by atoms with Crippen LogP contribution in [0.5, 0.6) is 0 Å². The Morgan fingerprint density at radius 1 is 1.05 bits per heavy atom. The fraction of sp³-hybridized carbons (Fsp3) is 0.867. The van der Waals surface area contributed by atoms with E-state index in [2.05, 4.69) is 40.9 Å². The summed E-state index contributed by atoms with van der Waals surface area (Å²) in [5, 5.41) is 12.7. The van der Waals surface area contributed by atoms with Gasteiger partial charge < -0.3 is 9.88 Å². The lowest BCUT2D eigenvalue weighted by Crippen LogP contribution is -2.41. The quantitative estimate of drug-likeness (QED) is 0.843. The Morgan fingerprint density at radius 2 is 1.74 bits per heavy atom. The zero-order chi connectivity index (χ0) is 13.2. The van der Waals surface area contributed by atoms with Crippen LogP contribution in [0, 0.1) is 17.3 Å². The maximum Gasteiger partial charge on any atom is 0.150 e. The maximum absolute atomic E-state index is 4.57. The van der Waals surface area contributed by atoms with Crippen molar-refractivity contribution in [1.29, 1.82) is 0 Å². The summed E-state index contributed by atoms with van der Waals surface area (Å²) in [6.07, 6.45) is 4.19. The fourth-order valence-corrected chi connectivity index (χ4v) is 4.10. The zero-order valence-electron chi connectivity index (χ0n) is 12.2. The molecule has 0 spiro atoms. The van der Waals surface area contributed by atoms with E-state index in [1.54, 1.807) is 0 Å². The topological polar surface area (TPSA) is 42.7 Å². The monoisotopic (exact) mass is 260 g/mol. The Bertz CT molecular complexity index is 489. The minimum absolute atomic E-state index is 0.195. The van der Waals surface area contributed by atoms with Crippen LogP contribution in [0.4, 0.5) is 0 Å². The van der Waals surface area contributed by atoms with Crippen LogP contribution < -0.4 is 5.32 Å². The Morgan fingerprint density at radius 3 is 2.42 bits per heavy atom. The second kappa shape index (κ2) is 3.81. The summed E-state index contributed by atoms with van der Waals surface area (Å²) in [6.45, 7) is 8.91. The summed E-state index contributed by atoms with van der Waals surface area (Å²) in [4.78, 5) is 0.